The molecule has 1 unspecified atom stereocenters. The van der Waals surface area contributed by atoms with E-state index in [4.69, 9.17) is 23.1 Å². The van der Waals surface area contributed by atoms with Gasteiger partial charge in [-0.25, -0.2) is 0 Å². The molecule has 0 spiro atoms. The van der Waals surface area contributed by atoms with Crippen molar-refractivity contribution in [3.63, 3.8) is 0 Å². The Kier molecular flexibility index (Phi) is 4.01. The van der Waals surface area contributed by atoms with Crippen molar-refractivity contribution in [2.24, 2.45) is 11.7 Å². The molecule has 0 aliphatic rings. The van der Waals surface area contributed by atoms with Crippen molar-refractivity contribution in [1.29, 1.82) is 0 Å². The van der Waals surface area contributed by atoms with Gasteiger partial charge in [0.05, 0.1) is 11.4 Å². The van der Waals surface area contributed by atoms with Crippen LogP contribution >= 0.6 is 11.6 Å². The van der Waals surface area contributed by atoms with Gasteiger partial charge >= 0.3 is 0 Å². The average molecular weight is 242 g/mol. The lowest BCUT2D eigenvalue weighted by Crippen LogP contribution is -2.39. The quantitative estimate of drug-likeness (QED) is 0.704. The fourth-order valence-corrected chi connectivity index (χ4v) is 1.58. The van der Waals surface area contributed by atoms with E-state index in [0.717, 1.165) is 0 Å². The van der Waals surface area contributed by atoms with Gasteiger partial charge in [0.1, 0.15) is 6.04 Å². The van der Waals surface area contributed by atoms with E-state index in [1.807, 2.05) is 13.8 Å². The largest absolute Gasteiger partial charge is 0.397 e. The highest BCUT2D eigenvalue weighted by Gasteiger charge is 2.19. The lowest BCUT2D eigenvalue weighted by Gasteiger charge is -2.21. The molecule has 1 amide bonds. The minimum atomic E-state index is -0.441. The molecule has 0 saturated heterocycles. The van der Waals surface area contributed by atoms with Crippen LogP contribution in [-0.2, 0) is 4.79 Å². The van der Waals surface area contributed by atoms with E-state index < -0.39 is 11.9 Å². The number of nitrogens with two attached hydrogens (primary N) is 2. The Morgan fingerprint density at radius 1 is 1.44 bits per heavy atom. The van der Waals surface area contributed by atoms with Crippen LogP contribution in [0.3, 0.4) is 0 Å². The van der Waals surface area contributed by atoms with Gasteiger partial charge in [0.25, 0.3) is 0 Å². The number of hydrogen-bond acceptors (Lipinski definition) is 3. The number of rotatable bonds is 4. The molecule has 0 aliphatic heterocycles. The Bertz CT molecular complexity index is 393. The smallest absolute Gasteiger partial charge is 0.240 e. The highest BCUT2D eigenvalue weighted by atomic mass is 35.5. The lowest BCUT2D eigenvalue weighted by molar-refractivity contribution is -0.119. The third kappa shape index (κ3) is 3.03. The molecule has 5 heteroatoms. The number of amides is 1. The van der Waals surface area contributed by atoms with Gasteiger partial charge in [0.15, 0.2) is 0 Å². The second-order valence-corrected chi connectivity index (χ2v) is 4.44. The van der Waals surface area contributed by atoms with E-state index in [-0.39, 0.29) is 5.92 Å². The molecule has 16 heavy (non-hydrogen) atoms. The first-order valence-electron chi connectivity index (χ1n) is 5.02. The molecule has 0 bridgehead atoms. The monoisotopic (exact) mass is 241 g/mol. The van der Waals surface area contributed by atoms with Gasteiger partial charge in [-0.2, -0.15) is 0 Å². The van der Waals surface area contributed by atoms with Crippen LogP contribution in [0.25, 0.3) is 0 Å². The topological polar surface area (TPSA) is 81.1 Å². The summed E-state index contributed by atoms with van der Waals surface area (Å²) in [4.78, 5) is 11.2. The number of benzene rings is 1. The summed E-state index contributed by atoms with van der Waals surface area (Å²) in [5.41, 5.74) is 12.2. The Labute approximate surface area is 100.0 Å². The van der Waals surface area contributed by atoms with Crippen LogP contribution in [0.15, 0.2) is 18.2 Å². The number of primary amides is 1. The Balaban J connectivity index is 2.90. The first kappa shape index (κ1) is 12.6. The Morgan fingerprint density at radius 3 is 2.50 bits per heavy atom. The van der Waals surface area contributed by atoms with Crippen molar-refractivity contribution in [1.82, 2.24) is 0 Å². The Hall–Kier alpha value is -1.42. The Morgan fingerprint density at radius 2 is 2.06 bits per heavy atom. The zero-order valence-electron chi connectivity index (χ0n) is 9.33. The molecule has 1 aromatic rings. The van der Waals surface area contributed by atoms with Gasteiger partial charge in [0, 0.05) is 5.02 Å². The van der Waals surface area contributed by atoms with Crippen LogP contribution in [0.1, 0.15) is 13.8 Å². The molecular formula is C11H16ClN3O. The summed E-state index contributed by atoms with van der Waals surface area (Å²) in [5.74, 6) is -0.308. The molecule has 1 aromatic carbocycles. The SMILES string of the molecule is CC(C)C(Nc1ccc(Cl)cc1N)C(N)=O. The molecule has 0 radical (unpaired) electrons. The van der Waals surface area contributed by atoms with E-state index >= 15 is 0 Å². The molecule has 0 fully saturated rings. The highest BCUT2D eigenvalue weighted by Crippen LogP contribution is 2.24. The fourth-order valence-electron chi connectivity index (χ4n) is 1.40. The average Bonchev–Trinajstić information content (AvgIpc) is 2.15. The molecule has 0 aliphatic carbocycles. The predicted molar refractivity (Wildman–Crippen MR) is 67.3 cm³/mol. The second kappa shape index (κ2) is 5.07. The number of nitrogens with one attached hydrogen (secondary N) is 1. The maximum atomic E-state index is 11.2. The summed E-state index contributed by atoms with van der Waals surface area (Å²) in [6.07, 6.45) is 0. The normalized spacial score (nSPS) is 12.5. The molecule has 1 atom stereocenters. The number of hydrogen-bond donors (Lipinski definition) is 3. The molecule has 0 aromatic heterocycles. The van der Waals surface area contributed by atoms with Gasteiger partial charge in [-0.3, -0.25) is 4.79 Å². The van der Waals surface area contributed by atoms with Gasteiger partial charge in [-0.05, 0) is 24.1 Å². The fraction of sp³-hybridized carbons (Fsp3) is 0.364. The van der Waals surface area contributed by atoms with Crippen LogP contribution in [0.5, 0.6) is 0 Å². The third-order valence-corrected chi connectivity index (χ3v) is 2.53. The first-order chi connectivity index (χ1) is 7.41. The number of carbonyl (C=O) groups is 1. The molecule has 5 N–H and O–H groups in total. The minimum absolute atomic E-state index is 0.0904. The zero-order valence-corrected chi connectivity index (χ0v) is 10.1. The second-order valence-electron chi connectivity index (χ2n) is 4.00. The summed E-state index contributed by atoms with van der Waals surface area (Å²) in [7, 11) is 0. The summed E-state index contributed by atoms with van der Waals surface area (Å²) >= 11 is 5.78. The van der Waals surface area contributed by atoms with Crippen molar-refractivity contribution in [2.75, 3.05) is 11.1 Å². The van der Waals surface area contributed by atoms with Gasteiger partial charge in [-0.1, -0.05) is 25.4 Å². The predicted octanol–water partition coefficient (Wildman–Crippen LogP) is 1.84. The zero-order chi connectivity index (χ0) is 12.3. The van der Waals surface area contributed by atoms with Crippen LogP contribution in [0, 0.1) is 5.92 Å². The molecular weight excluding hydrogens is 226 g/mol. The highest BCUT2D eigenvalue weighted by molar-refractivity contribution is 6.31. The van der Waals surface area contributed by atoms with E-state index in [1.165, 1.54) is 0 Å². The number of halogens is 1. The summed E-state index contributed by atoms with van der Waals surface area (Å²) < 4.78 is 0. The first-order valence-corrected chi connectivity index (χ1v) is 5.40. The van der Waals surface area contributed by atoms with Gasteiger partial charge in [-0.15, -0.1) is 0 Å². The van der Waals surface area contributed by atoms with Crippen molar-refractivity contribution in [2.45, 2.75) is 19.9 Å². The standard InChI is InChI=1S/C11H16ClN3O/c1-6(2)10(11(14)16)15-9-4-3-7(12)5-8(9)13/h3-6,10,15H,13H2,1-2H3,(H2,14,16). The van der Waals surface area contributed by atoms with Gasteiger partial charge < -0.3 is 16.8 Å². The van der Waals surface area contributed by atoms with Crippen LogP contribution in [0.2, 0.25) is 5.02 Å². The van der Waals surface area contributed by atoms with Crippen molar-refractivity contribution < 1.29 is 4.79 Å². The number of nitrogen functional groups attached to an aromatic ring is 1. The summed E-state index contributed by atoms with van der Waals surface area (Å²) in [5, 5.41) is 3.57. The lowest BCUT2D eigenvalue weighted by atomic mass is 10.0. The van der Waals surface area contributed by atoms with E-state index in [2.05, 4.69) is 5.32 Å². The summed E-state index contributed by atoms with van der Waals surface area (Å²) in [6.45, 7) is 3.82. The van der Waals surface area contributed by atoms with E-state index in [9.17, 15) is 4.79 Å². The van der Waals surface area contributed by atoms with Gasteiger partial charge in [0.2, 0.25) is 5.91 Å². The maximum Gasteiger partial charge on any atom is 0.240 e. The van der Waals surface area contributed by atoms with Crippen molar-refractivity contribution >= 4 is 28.9 Å². The maximum absolute atomic E-state index is 11.2. The molecule has 88 valence electrons. The third-order valence-electron chi connectivity index (χ3n) is 2.30. The van der Waals surface area contributed by atoms with Crippen LogP contribution < -0.4 is 16.8 Å². The molecule has 1 rings (SSSR count). The van der Waals surface area contributed by atoms with E-state index in [0.29, 0.717) is 16.4 Å². The van der Waals surface area contributed by atoms with E-state index in [1.54, 1.807) is 18.2 Å². The van der Waals surface area contributed by atoms with Crippen LogP contribution in [-0.4, -0.2) is 11.9 Å². The summed E-state index contributed by atoms with van der Waals surface area (Å²) in [6, 6.07) is 4.63. The minimum Gasteiger partial charge on any atom is -0.397 e. The van der Waals surface area contributed by atoms with Crippen molar-refractivity contribution in [3.05, 3.63) is 23.2 Å². The number of carbonyl (C=O) groups excluding carboxylic acids is 1. The molecule has 0 saturated carbocycles. The molecule has 0 heterocycles. The van der Waals surface area contributed by atoms with Crippen LogP contribution in [0.4, 0.5) is 11.4 Å². The number of anilines is 2. The molecule has 4 nitrogen and oxygen atoms in total. The van der Waals surface area contributed by atoms with Crippen molar-refractivity contribution in [3.8, 4) is 0 Å².